The lowest BCUT2D eigenvalue weighted by Gasteiger charge is -2.10. The Kier molecular flexibility index (Phi) is 3.49. The number of hydrogen-bond acceptors (Lipinski definition) is 5. The zero-order valence-corrected chi connectivity index (χ0v) is 9.63. The summed E-state index contributed by atoms with van der Waals surface area (Å²) in [5.41, 5.74) is 0.535. The summed E-state index contributed by atoms with van der Waals surface area (Å²) in [6.07, 6.45) is -0.884. The molecule has 1 aromatic carbocycles. The van der Waals surface area contributed by atoms with E-state index in [1.165, 1.54) is 6.07 Å². The lowest BCUT2D eigenvalue weighted by molar-refractivity contribution is -0.490. The monoisotopic (exact) mass is 255 g/mol. The van der Waals surface area contributed by atoms with Gasteiger partial charge in [-0.2, -0.15) is 0 Å². The fourth-order valence-electron chi connectivity index (χ4n) is 1.99. The summed E-state index contributed by atoms with van der Waals surface area (Å²) in [5, 5.41) is 20.2. The van der Waals surface area contributed by atoms with Crippen molar-refractivity contribution in [2.75, 3.05) is 13.2 Å². The minimum absolute atomic E-state index is 0.103. The van der Waals surface area contributed by atoms with E-state index < -0.39 is 30.5 Å². The molecule has 0 radical (unpaired) electrons. The Balaban J connectivity index is 2.43. The molecule has 0 aliphatic carbocycles. The van der Waals surface area contributed by atoms with Gasteiger partial charge >= 0.3 is 7.12 Å². The van der Waals surface area contributed by atoms with Crippen LogP contribution in [0.4, 0.5) is 4.39 Å². The molecule has 1 atom stereocenters. The first-order chi connectivity index (χ1) is 8.54. The van der Waals surface area contributed by atoms with E-state index in [9.17, 15) is 19.5 Å². The molecule has 1 aliphatic rings. The van der Waals surface area contributed by atoms with Crippen molar-refractivity contribution >= 4 is 12.6 Å². The van der Waals surface area contributed by atoms with Gasteiger partial charge in [0, 0.05) is 10.4 Å². The summed E-state index contributed by atoms with van der Waals surface area (Å²) < 4.78 is 23.7. The number of nitrogens with zero attached hydrogens (tertiary/aromatic N) is 1. The SMILES string of the molecule is CCOc1c(F)ccc2c1B(O)OC2C[N+](=O)[O-]. The van der Waals surface area contributed by atoms with Gasteiger partial charge in [-0.1, -0.05) is 6.07 Å². The number of rotatable bonds is 4. The van der Waals surface area contributed by atoms with Gasteiger partial charge in [0.1, 0.15) is 6.10 Å². The van der Waals surface area contributed by atoms with Crippen LogP contribution in [0.5, 0.6) is 5.75 Å². The van der Waals surface area contributed by atoms with E-state index in [4.69, 9.17) is 9.39 Å². The van der Waals surface area contributed by atoms with Crippen molar-refractivity contribution in [3.63, 3.8) is 0 Å². The number of ether oxygens (including phenoxy) is 1. The molecular formula is C10H11BFNO5. The molecule has 0 saturated carbocycles. The second-order valence-corrected chi connectivity index (χ2v) is 3.80. The Morgan fingerprint density at radius 1 is 1.67 bits per heavy atom. The number of fused-ring (bicyclic) bond motifs is 1. The summed E-state index contributed by atoms with van der Waals surface area (Å²) in [5.74, 6) is -0.728. The average molecular weight is 255 g/mol. The van der Waals surface area contributed by atoms with Crippen molar-refractivity contribution in [1.29, 1.82) is 0 Å². The van der Waals surface area contributed by atoms with E-state index in [1.807, 2.05) is 0 Å². The Labute approximate surface area is 103 Å². The van der Waals surface area contributed by atoms with E-state index in [0.717, 1.165) is 6.07 Å². The molecule has 18 heavy (non-hydrogen) atoms. The summed E-state index contributed by atoms with van der Waals surface area (Å²) in [4.78, 5) is 9.94. The second kappa shape index (κ2) is 4.91. The molecular weight excluding hydrogens is 244 g/mol. The molecule has 0 amide bonds. The molecule has 6 nitrogen and oxygen atoms in total. The highest BCUT2D eigenvalue weighted by Gasteiger charge is 2.41. The summed E-state index contributed by atoms with van der Waals surface area (Å²) in [7, 11) is -1.40. The lowest BCUT2D eigenvalue weighted by atomic mass is 9.78. The van der Waals surface area contributed by atoms with Crippen LogP contribution in [0.25, 0.3) is 0 Å². The predicted molar refractivity (Wildman–Crippen MR) is 60.9 cm³/mol. The smallest absolute Gasteiger partial charge is 0.491 e. The van der Waals surface area contributed by atoms with Gasteiger partial charge in [-0.25, -0.2) is 4.39 Å². The average Bonchev–Trinajstić information content (AvgIpc) is 2.59. The van der Waals surface area contributed by atoms with Gasteiger partial charge in [0.15, 0.2) is 11.6 Å². The van der Waals surface area contributed by atoms with Gasteiger partial charge in [0.2, 0.25) is 6.54 Å². The Bertz CT molecular complexity index is 484. The lowest BCUT2D eigenvalue weighted by Crippen LogP contribution is -2.30. The van der Waals surface area contributed by atoms with Crippen molar-refractivity contribution in [3.05, 3.63) is 33.6 Å². The van der Waals surface area contributed by atoms with Crippen molar-refractivity contribution in [2.24, 2.45) is 0 Å². The standard InChI is InChI=1S/C10H11BFNO5/c1-2-17-10-7(12)4-3-6-8(5-13(15)16)18-11(14)9(6)10/h3-4,8,14H,2,5H2,1H3. The second-order valence-electron chi connectivity index (χ2n) is 3.80. The fourth-order valence-corrected chi connectivity index (χ4v) is 1.99. The van der Waals surface area contributed by atoms with Crippen LogP contribution in [-0.4, -0.2) is 30.2 Å². The third kappa shape index (κ3) is 2.16. The molecule has 8 heteroatoms. The highest BCUT2D eigenvalue weighted by molar-refractivity contribution is 6.62. The molecule has 1 unspecified atom stereocenters. The fraction of sp³-hybridized carbons (Fsp3) is 0.400. The van der Waals surface area contributed by atoms with Crippen LogP contribution in [-0.2, 0) is 4.65 Å². The van der Waals surface area contributed by atoms with Crippen LogP contribution in [0, 0.1) is 15.9 Å². The highest BCUT2D eigenvalue weighted by atomic mass is 19.1. The van der Waals surface area contributed by atoms with Crippen LogP contribution in [0.3, 0.4) is 0 Å². The Hall–Kier alpha value is -1.67. The highest BCUT2D eigenvalue weighted by Crippen LogP contribution is 2.29. The first-order valence-electron chi connectivity index (χ1n) is 5.45. The maximum absolute atomic E-state index is 13.6. The van der Waals surface area contributed by atoms with Crippen LogP contribution < -0.4 is 10.2 Å². The molecule has 1 N–H and O–H groups in total. The first kappa shape index (κ1) is 12.8. The maximum atomic E-state index is 13.6. The van der Waals surface area contributed by atoms with Gasteiger partial charge in [-0.3, -0.25) is 10.1 Å². The summed E-state index contributed by atoms with van der Waals surface area (Å²) >= 11 is 0. The van der Waals surface area contributed by atoms with Crippen LogP contribution >= 0.6 is 0 Å². The zero-order valence-electron chi connectivity index (χ0n) is 9.63. The van der Waals surface area contributed by atoms with Crippen LogP contribution in [0.2, 0.25) is 0 Å². The van der Waals surface area contributed by atoms with Crippen LogP contribution in [0.15, 0.2) is 12.1 Å². The molecule has 1 heterocycles. The Morgan fingerprint density at radius 3 is 3.00 bits per heavy atom. The van der Waals surface area contributed by atoms with Crippen LogP contribution in [0.1, 0.15) is 18.6 Å². The normalized spacial score (nSPS) is 17.7. The minimum atomic E-state index is -1.40. The maximum Gasteiger partial charge on any atom is 0.496 e. The third-order valence-electron chi connectivity index (χ3n) is 2.67. The molecule has 0 saturated heterocycles. The number of benzene rings is 1. The van der Waals surface area contributed by atoms with Crippen molar-refractivity contribution in [3.8, 4) is 5.75 Å². The third-order valence-corrected chi connectivity index (χ3v) is 2.67. The Morgan fingerprint density at radius 2 is 2.39 bits per heavy atom. The van der Waals surface area contributed by atoms with Crippen molar-refractivity contribution < 1.29 is 23.7 Å². The largest absolute Gasteiger partial charge is 0.496 e. The van der Waals surface area contributed by atoms with E-state index in [-0.39, 0.29) is 17.8 Å². The van der Waals surface area contributed by atoms with Gasteiger partial charge in [-0.15, -0.1) is 0 Å². The quantitative estimate of drug-likeness (QED) is 0.474. The number of halogens is 1. The van der Waals surface area contributed by atoms with Gasteiger partial charge < -0.3 is 14.4 Å². The molecule has 1 aliphatic heterocycles. The van der Waals surface area contributed by atoms with E-state index >= 15 is 0 Å². The number of hydrogen-bond donors (Lipinski definition) is 1. The van der Waals surface area contributed by atoms with E-state index in [0.29, 0.717) is 5.56 Å². The summed E-state index contributed by atoms with van der Waals surface area (Å²) in [6.45, 7) is 1.41. The molecule has 0 spiro atoms. The molecule has 2 rings (SSSR count). The molecule has 0 aromatic heterocycles. The molecule has 0 bridgehead atoms. The first-order valence-corrected chi connectivity index (χ1v) is 5.45. The molecule has 1 aromatic rings. The van der Waals surface area contributed by atoms with Gasteiger partial charge in [0.25, 0.3) is 0 Å². The topological polar surface area (TPSA) is 81.8 Å². The summed E-state index contributed by atoms with van der Waals surface area (Å²) in [6, 6.07) is 2.52. The van der Waals surface area contributed by atoms with E-state index in [2.05, 4.69) is 0 Å². The zero-order chi connectivity index (χ0) is 13.3. The van der Waals surface area contributed by atoms with Crippen molar-refractivity contribution in [2.45, 2.75) is 13.0 Å². The van der Waals surface area contributed by atoms with E-state index in [1.54, 1.807) is 6.92 Å². The molecule has 0 fully saturated rings. The molecule has 96 valence electrons. The predicted octanol–water partition coefficient (Wildman–Crippen LogP) is 0.260. The van der Waals surface area contributed by atoms with Gasteiger partial charge in [0.05, 0.1) is 6.61 Å². The van der Waals surface area contributed by atoms with Crippen molar-refractivity contribution in [1.82, 2.24) is 0 Å². The van der Waals surface area contributed by atoms with Gasteiger partial charge in [-0.05, 0) is 18.6 Å². The minimum Gasteiger partial charge on any atom is -0.491 e. The number of nitro groups is 1.